The minimum Gasteiger partial charge on any atom is -0.380 e. The van der Waals surface area contributed by atoms with E-state index in [2.05, 4.69) is 19.1 Å². The average molecular weight is 200 g/mol. The number of ether oxygens (including phenoxy) is 1. The van der Waals surface area contributed by atoms with E-state index >= 15 is 0 Å². The lowest BCUT2D eigenvalue weighted by Gasteiger charge is -2.34. The summed E-state index contributed by atoms with van der Waals surface area (Å²) in [5.74, 6) is 0.710. The zero-order valence-electron chi connectivity index (χ0n) is 8.16. The number of fused-ring (bicyclic) bond motifs is 1. The largest absolute Gasteiger partial charge is 0.380 e. The molecule has 2 aliphatic rings. The Balaban J connectivity index is 2.34. The van der Waals surface area contributed by atoms with Crippen molar-refractivity contribution < 1.29 is 8.95 Å². The Bertz CT molecular complexity index is 262. The Morgan fingerprint density at radius 3 is 3.08 bits per heavy atom. The van der Waals surface area contributed by atoms with Gasteiger partial charge in [0.2, 0.25) is 0 Å². The SMILES string of the molecule is CO[C@H]1C[S@](=O)[C@@H]2CCC=C[C@]12C. The van der Waals surface area contributed by atoms with E-state index in [4.69, 9.17) is 4.74 Å². The van der Waals surface area contributed by atoms with Gasteiger partial charge in [0.1, 0.15) is 0 Å². The first-order valence-corrected chi connectivity index (χ1v) is 6.14. The molecule has 2 rings (SSSR count). The first-order valence-electron chi connectivity index (χ1n) is 4.76. The molecule has 0 aromatic rings. The van der Waals surface area contributed by atoms with Crippen molar-refractivity contribution in [1.82, 2.24) is 0 Å². The van der Waals surface area contributed by atoms with Crippen LogP contribution in [0.5, 0.6) is 0 Å². The van der Waals surface area contributed by atoms with E-state index in [1.807, 2.05) is 0 Å². The van der Waals surface area contributed by atoms with Crippen LogP contribution in [0.25, 0.3) is 0 Å². The molecule has 0 aromatic carbocycles. The lowest BCUT2D eigenvalue weighted by Crippen LogP contribution is -2.37. The first-order chi connectivity index (χ1) is 6.18. The maximum atomic E-state index is 11.8. The molecule has 1 fully saturated rings. The summed E-state index contributed by atoms with van der Waals surface area (Å²) in [5, 5.41) is 0.322. The highest BCUT2D eigenvalue weighted by molar-refractivity contribution is 7.86. The van der Waals surface area contributed by atoms with Crippen molar-refractivity contribution in [3.05, 3.63) is 12.2 Å². The van der Waals surface area contributed by atoms with Crippen molar-refractivity contribution >= 4 is 10.8 Å². The van der Waals surface area contributed by atoms with E-state index in [0.717, 1.165) is 12.8 Å². The van der Waals surface area contributed by atoms with Crippen LogP contribution in [0.1, 0.15) is 19.8 Å². The quantitative estimate of drug-likeness (QED) is 0.599. The van der Waals surface area contributed by atoms with E-state index in [-0.39, 0.29) is 11.5 Å². The summed E-state index contributed by atoms with van der Waals surface area (Å²) in [4.78, 5) is 0. The maximum Gasteiger partial charge on any atom is 0.0786 e. The van der Waals surface area contributed by atoms with Crippen LogP contribution < -0.4 is 0 Å². The molecule has 0 saturated carbocycles. The first kappa shape index (κ1) is 9.41. The zero-order chi connectivity index (χ0) is 9.47. The number of methoxy groups -OCH3 is 1. The van der Waals surface area contributed by atoms with Crippen LogP contribution in [0.15, 0.2) is 12.2 Å². The van der Waals surface area contributed by atoms with Gasteiger partial charge in [0.15, 0.2) is 0 Å². The predicted molar refractivity (Wildman–Crippen MR) is 54.1 cm³/mol. The molecule has 1 aliphatic carbocycles. The number of allylic oxidation sites excluding steroid dienone is 1. The monoisotopic (exact) mass is 200 g/mol. The highest BCUT2D eigenvalue weighted by Crippen LogP contribution is 2.44. The molecular formula is C10H16O2S. The van der Waals surface area contributed by atoms with Crippen LogP contribution in [-0.4, -0.2) is 28.4 Å². The molecule has 13 heavy (non-hydrogen) atoms. The predicted octanol–water partition coefficient (Wildman–Crippen LogP) is 1.49. The summed E-state index contributed by atoms with van der Waals surface area (Å²) in [7, 11) is 1.04. The molecule has 1 saturated heterocycles. The van der Waals surface area contributed by atoms with Crippen LogP contribution in [0.3, 0.4) is 0 Å². The van der Waals surface area contributed by atoms with Crippen LogP contribution >= 0.6 is 0 Å². The topological polar surface area (TPSA) is 26.3 Å². The van der Waals surface area contributed by atoms with Gasteiger partial charge in [0, 0.05) is 28.6 Å². The Morgan fingerprint density at radius 1 is 1.62 bits per heavy atom. The summed E-state index contributed by atoms with van der Waals surface area (Å²) in [5.41, 5.74) is 0.0257. The van der Waals surface area contributed by atoms with E-state index in [1.165, 1.54) is 0 Å². The van der Waals surface area contributed by atoms with Crippen LogP contribution in [0.2, 0.25) is 0 Å². The summed E-state index contributed by atoms with van der Waals surface area (Å²) < 4.78 is 17.2. The molecule has 0 unspecified atom stereocenters. The fourth-order valence-electron chi connectivity index (χ4n) is 2.50. The fraction of sp³-hybridized carbons (Fsp3) is 0.800. The molecule has 0 amide bonds. The Kier molecular flexibility index (Phi) is 2.32. The minimum atomic E-state index is -0.685. The van der Waals surface area contributed by atoms with Gasteiger partial charge >= 0.3 is 0 Å². The molecule has 4 atom stereocenters. The summed E-state index contributed by atoms with van der Waals surface area (Å²) in [6.45, 7) is 2.17. The molecular weight excluding hydrogens is 184 g/mol. The maximum absolute atomic E-state index is 11.8. The molecule has 74 valence electrons. The van der Waals surface area contributed by atoms with Crippen molar-refractivity contribution in [1.29, 1.82) is 0 Å². The van der Waals surface area contributed by atoms with Gasteiger partial charge in [0.25, 0.3) is 0 Å². The third-order valence-corrected chi connectivity index (χ3v) is 5.39. The minimum absolute atomic E-state index is 0.0257. The Morgan fingerprint density at radius 2 is 2.38 bits per heavy atom. The molecule has 1 heterocycles. The van der Waals surface area contributed by atoms with Crippen molar-refractivity contribution in [3.63, 3.8) is 0 Å². The van der Waals surface area contributed by atoms with Crippen LogP contribution in [0, 0.1) is 5.41 Å². The van der Waals surface area contributed by atoms with Crippen molar-refractivity contribution in [2.24, 2.45) is 5.41 Å². The van der Waals surface area contributed by atoms with E-state index < -0.39 is 10.8 Å². The van der Waals surface area contributed by atoms with Gasteiger partial charge in [-0.15, -0.1) is 0 Å². The normalized spacial score (nSPS) is 49.2. The van der Waals surface area contributed by atoms with Gasteiger partial charge in [-0.2, -0.15) is 0 Å². The van der Waals surface area contributed by atoms with Gasteiger partial charge in [0.05, 0.1) is 11.9 Å². The smallest absolute Gasteiger partial charge is 0.0786 e. The molecule has 1 aliphatic heterocycles. The van der Waals surface area contributed by atoms with E-state index in [1.54, 1.807) is 7.11 Å². The molecule has 3 heteroatoms. The van der Waals surface area contributed by atoms with Crippen molar-refractivity contribution in [2.45, 2.75) is 31.1 Å². The molecule has 2 nitrogen and oxygen atoms in total. The van der Waals surface area contributed by atoms with Gasteiger partial charge in [-0.25, -0.2) is 0 Å². The number of rotatable bonds is 1. The molecule has 0 radical (unpaired) electrons. The highest BCUT2D eigenvalue weighted by atomic mass is 32.2. The van der Waals surface area contributed by atoms with Crippen molar-refractivity contribution in [3.8, 4) is 0 Å². The standard InChI is InChI=1S/C10H16O2S/c1-10-6-4-3-5-9(10)13(11)7-8(10)12-2/h4,6,8-9H,3,5,7H2,1-2H3/t8-,9+,10+,13-/m0/s1. The van der Waals surface area contributed by atoms with Gasteiger partial charge in [-0.05, 0) is 12.8 Å². The van der Waals surface area contributed by atoms with E-state index in [0.29, 0.717) is 11.0 Å². The van der Waals surface area contributed by atoms with Gasteiger partial charge in [-0.3, -0.25) is 4.21 Å². The second kappa shape index (κ2) is 3.21. The summed E-state index contributed by atoms with van der Waals surface area (Å²) in [6, 6.07) is 0. The highest BCUT2D eigenvalue weighted by Gasteiger charge is 2.50. The fourth-order valence-corrected chi connectivity index (χ4v) is 4.72. The Hall–Kier alpha value is -0.150. The lowest BCUT2D eigenvalue weighted by atomic mass is 9.76. The van der Waals surface area contributed by atoms with Crippen LogP contribution in [-0.2, 0) is 15.5 Å². The second-order valence-corrected chi connectivity index (χ2v) is 5.77. The summed E-state index contributed by atoms with van der Waals surface area (Å²) in [6.07, 6.45) is 6.68. The average Bonchev–Trinajstić information content (AvgIpc) is 2.38. The number of hydrogen-bond donors (Lipinski definition) is 0. The molecule has 0 aromatic heterocycles. The molecule has 0 spiro atoms. The Labute approximate surface area is 81.8 Å². The van der Waals surface area contributed by atoms with E-state index in [9.17, 15) is 4.21 Å². The third-order valence-electron chi connectivity index (χ3n) is 3.38. The summed E-state index contributed by atoms with van der Waals surface area (Å²) >= 11 is 0. The molecule has 0 N–H and O–H groups in total. The second-order valence-electron chi connectivity index (χ2n) is 4.11. The van der Waals surface area contributed by atoms with Gasteiger partial charge in [-0.1, -0.05) is 19.1 Å². The zero-order valence-corrected chi connectivity index (χ0v) is 8.97. The lowest BCUT2D eigenvalue weighted by molar-refractivity contribution is 0.0454. The number of hydrogen-bond acceptors (Lipinski definition) is 2. The van der Waals surface area contributed by atoms with Gasteiger partial charge < -0.3 is 4.74 Å². The molecule has 0 bridgehead atoms. The van der Waals surface area contributed by atoms with Crippen molar-refractivity contribution in [2.75, 3.05) is 12.9 Å². The van der Waals surface area contributed by atoms with Crippen LogP contribution in [0.4, 0.5) is 0 Å². The third kappa shape index (κ3) is 1.29.